The van der Waals surface area contributed by atoms with Gasteiger partial charge in [-0.25, -0.2) is 4.79 Å². The number of carbonyl (C=O) groups is 1. The molecule has 1 saturated carbocycles. The van der Waals surface area contributed by atoms with E-state index in [0.717, 1.165) is 31.0 Å². The minimum atomic E-state index is -5.08. The van der Waals surface area contributed by atoms with Crippen LogP contribution in [0.5, 0.6) is 0 Å². The lowest BCUT2D eigenvalue weighted by Crippen LogP contribution is -2.33. The van der Waals surface area contributed by atoms with Gasteiger partial charge in [0.15, 0.2) is 5.76 Å². The first kappa shape index (κ1) is 21.1. The fourth-order valence-corrected chi connectivity index (χ4v) is 3.36. The van der Waals surface area contributed by atoms with E-state index in [1.165, 1.54) is 31.2 Å². The Kier molecular flexibility index (Phi) is 6.41. The summed E-state index contributed by atoms with van der Waals surface area (Å²) in [6.07, 6.45) is 2.82. The number of hydrogen-bond acceptors (Lipinski definition) is 5. The van der Waals surface area contributed by atoms with Crippen LogP contribution < -0.4 is 5.56 Å². The summed E-state index contributed by atoms with van der Waals surface area (Å²) in [4.78, 5) is 25.4. The van der Waals surface area contributed by atoms with Crippen LogP contribution in [0.3, 0.4) is 0 Å². The van der Waals surface area contributed by atoms with Crippen molar-refractivity contribution in [2.75, 3.05) is 6.54 Å². The maximum absolute atomic E-state index is 11.3. The number of carboxylic acids is 1. The molecular formula is C19H22F3N3O4. The molecule has 1 unspecified atom stereocenters. The zero-order valence-electron chi connectivity index (χ0n) is 15.6. The molecule has 7 nitrogen and oxygen atoms in total. The van der Waals surface area contributed by atoms with Crippen molar-refractivity contribution in [2.45, 2.75) is 56.8 Å². The number of piperidine rings is 1. The van der Waals surface area contributed by atoms with E-state index in [9.17, 15) is 18.0 Å². The average Bonchev–Trinajstić information content (AvgIpc) is 3.42. The SMILES string of the molecule is O=C(O)C(F)(F)F.O=c1ccc(C2CCCCN2Cc2cc(C3CC3)no2)c[nH]1. The molecule has 2 aromatic rings. The van der Waals surface area contributed by atoms with Crippen LogP contribution in [0.2, 0.25) is 0 Å². The summed E-state index contributed by atoms with van der Waals surface area (Å²) in [5.41, 5.74) is 2.25. The van der Waals surface area contributed by atoms with Crippen LogP contribution in [-0.2, 0) is 11.3 Å². The smallest absolute Gasteiger partial charge is 0.475 e. The molecular weight excluding hydrogens is 391 g/mol. The van der Waals surface area contributed by atoms with Crippen LogP contribution in [0, 0.1) is 0 Å². The molecule has 0 spiro atoms. The number of rotatable bonds is 4. The molecule has 0 aromatic carbocycles. The molecule has 2 aliphatic rings. The van der Waals surface area contributed by atoms with Crippen LogP contribution in [0.25, 0.3) is 0 Å². The highest BCUT2D eigenvalue weighted by atomic mass is 19.4. The van der Waals surface area contributed by atoms with Crippen molar-refractivity contribution < 1.29 is 27.6 Å². The summed E-state index contributed by atoms with van der Waals surface area (Å²) >= 11 is 0. The van der Waals surface area contributed by atoms with Gasteiger partial charge in [-0.15, -0.1) is 0 Å². The van der Waals surface area contributed by atoms with Crippen LogP contribution in [0.15, 0.2) is 33.7 Å². The van der Waals surface area contributed by atoms with Gasteiger partial charge in [-0.05, 0) is 37.8 Å². The third-order valence-corrected chi connectivity index (χ3v) is 4.98. The minimum absolute atomic E-state index is 0.0459. The summed E-state index contributed by atoms with van der Waals surface area (Å²) in [7, 11) is 0. The highest BCUT2D eigenvalue weighted by molar-refractivity contribution is 5.73. The van der Waals surface area contributed by atoms with E-state index in [1.54, 1.807) is 6.07 Å². The van der Waals surface area contributed by atoms with E-state index >= 15 is 0 Å². The zero-order valence-corrected chi connectivity index (χ0v) is 15.6. The van der Waals surface area contributed by atoms with Crippen molar-refractivity contribution in [2.24, 2.45) is 0 Å². The van der Waals surface area contributed by atoms with Gasteiger partial charge in [0, 0.05) is 30.3 Å². The van der Waals surface area contributed by atoms with E-state index in [2.05, 4.69) is 21.1 Å². The number of hydrogen-bond donors (Lipinski definition) is 2. The second-order valence-corrected chi connectivity index (χ2v) is 7.26. The summed E-state index contributed by atoms with van der Waals surface area (Å²) in [6, 6.07) is 6.02. The molecule has 2 aromatic heterocycles. The van der Waals surface area contributed by atoms with Crippen molar-refractivity contribution in [1.29, 1.82) is 0 Å². The van der Waals surface area contributed by atoms with Gasteiger partial charge in [0.2, 0.25) is 5.56 Å². The number of likely N-dealkylation sites (tertiary alicyclic amines) is 1. The molecule has 2 N–H and O–H groups in total. The highest BCUT2D eigenvalue weighted by Gasteiger charge is 2.38. The number of nitrogens with one attached hydrogen (secondary N) is 1. The Bertz CT molecular complexity index is 869. The molecule has 1 aliphatic heterocycles. The lowest BCUT2D eigenvalue weighted by Gasteiger charge is -2.35. The number of carboxylic acid groups (broad SMARTS) is 1. The van der Waals surface area contributed by atoms with Crippen molar-refractivity contribution in [1.82, 2.24) is 15.0 Å². The number of H-pyrrole nitrogens is 1. The number of aliphatic carboxylic acids is 1. The molecule has 158 valence electrons. The third kappa shape index (κ3) is 5.93. The predicted molar refractivity (Wildman–Crippen MR) is 96.2 cm³/mol. The molecule has 3 heterocycles. The Morgan fingerprint density at radius 3 is 2.59 bits per heavy atom. The van der Waals surface area contributed by atoms with Crippen LogP contribution in [-0.4, -0.2) is 38.8 Å². The summed E-state index contributed by atoms with van der Waals surface area (Å²) in [6.45, 7) is 1.85. The van der Waals surface area contributed by atoms with E-state index in [4.69, 9.17) is 14.4 Å². The number of nitrogens with zero attached hydrogens (tertiary/aromatic N) is 2. The van der Waals surface area contributed by atoms with Crippen molar-refractivity contribution in [3.05, 3.63) is 51.8 Å². The van der Waals surface area contributed by atoms with Crippen molar-refractivity contribution in [3.63, 3.8) is 0 Å². The lowest BCUT2D eigenvalue weighted by molar-refractivity contribution is -0.192. The Balaban J connectivity index is 0.000000298. The minimum Gasteiger partial charge on any atom is -0.475 e. The number of alkyl halides is 3. The normalized spacial score (nSPS) is 20.0. The first-order valence-electron chi connectivity index (χ1n) is 9.42. The monoisotopic (exact) mass is 413 g/mol. The van der Waals surface area contributed by atoms with E-state index in [1.807, 2.05) is 12.3 Å². The number of aromatic amines is 1. The third-order valence-electron chi connectivity index (χ3n) is 4.98. The predicted octanol–water partition coefficient (Wildman–Crippen LogP) is 3.60. The van der Waals surface area contributed by atoms with Gasteiger partial charge in [0.1, 0.15) is 0 Å². The van der Waals surface area contributed by atoms with Gasteiger partial charge >= 0.3 is 12.1 Å². The van der Waals surface area contributed by atoms with Crippen LogP contribution in [0.1, 0.15) is 61.1 Å². The lowest BCUT2D eigenvalue weighted by atomic mass is 9.96. The number of aromatic nitrogens is 2. The second-order valence-electron chi connectivity index (χ2n) is 7.26. The molecule has 4 rings (SSSR count). The number of pyridine rings is 1. The first-order chi connectivity index (χ1) is 13.7. The van der Waals surface area contributed by atoms with Crippen LogP contribution in [0.4, 0.5) is 13.2 Å². The van der Waals surface area contributed by atoms with Gasteiger partial charge in [-0.3, -0.25) is 9.69 Å². The highest BCUT2D eigenvalue weighted by Crippen LogP contribution is 2.40. The Morgan fingerprint density at radius 1 is 1.28 bits per heavy atom. The second kappa shape index (κ2) is 8.81. The van der Waals surface area contributed by atoms with Crippen LogP contribution >= 0.6 is 0 Å². The van der Waals surface area contributed by atoms with Crippen molar-refractivity contribution >= 4 is 5.97 Å². The summed E-state index contributed by atoms with van der Waals surface area (Å²) < 4.78 is 37.3. The number of halogens is 3. The maximum atomic E-state index is 11.3. The molecule has 0 bridgehead atoms. The van der Waals surface area contributed by atoms with Gasteiger partial charge in [0.25, 0.3) is 0 Å². The molecule has 29 heavy (non-hydrogen) atoms. The molecule has 1 atom stereocenters. The molecule has 2 fully saturated rings. The standard InChI is InChI=1S/C17H21N3O2.C2HF3O2/c21-17-7-6-13(10-18-17)16-3-1-2-8-20(16)11-14-9-15(19-22-14)12-4-5-12;3-2(4,5)1(6)7/h6-7,9-10,12,16H,1-5,8,11H2,(H,18,21);(H,6,7). The summed E-state index contributed by atoms with van der Waals surface area (Å²) in [5, 5.41) is 11.3. The molecule has 0 radical (unpaired) electrons. The van der Waals surface area contributed by atoms with Gasteiger partial charge < -0.3 is 14.6 Å². The van der Waals surface area contributed by atoms with E-state index in [-0.39, 0.29) is 5.56 Å². The maximum Gasteiger partial charge on any atom is 0.490 e. The molecule has 1 saturated heterocycles. The average molecular weight is 413 g/mol. The fourth-order valence-electron chi connectivity index (χ4n) is 3.36. The van der Waals surface area contributed by atoms with E-state index < -0.39 is 12.1 Å². The van der Waals surface area contributed by atoms with Gasteiger partial charge in [0.05, 0.1) is 12.2 Å². The van der Waals surface area contributed by atoms with E-state index in [0.29, 0.717) is 12.0 Å². The molecule has 0 amide bonds. The molecule has 1 aliphatic carbocycles. The fraction of sp³-hybridized carbons (Fsp3) is 0.526. The summed E-state index contributed by atoms with van der Waals surface area (Å²) in [5.74, 6) is -1.17. The van der Waals surface area contributed by atoms with Crippen molar-refractivity contribution in [3.8, 4) is 0 Å². The quantitative estimate of drug-likeness (QED) is 0.795. The first-order valence-corrected chi connectivity index (χ1v) is 9.42. The largest absolute Gasteiger partial charge is 0.490 e. The Labute approximate surface area is 164 Å². The Morgan fingerprint density at radius 2 is 2.00 bits per heavy atom. The Hall–Kier alpha value is -2.62. The molecule has 10 heteroatoms. The topological polar surface area (TPSA) is 99.4 Å². The zero-order chi connectivity index (χ0) is 21.0. The van der Waals surface area contributed by atoms with Gasteiger partial charge in [-0.2, -0.15) is 13.2 Å². The van der Waals surface area contributed by atoms with Gasteiger partial charge in [-0.1, -0.05) is 17.6 Å².